The summed E-state index contributed by atoms with van der Waals surface area (Å²) in [6, 6.07) is 13.1. The molecule has 0 bridgehead atoms. The van der Waals surface area contributed by atoms with Gasteiger partial charge in [0.2, 0.25) is 0 Å². The molecule has 0 saturated heterocycles. The van der Waals surface area contributed by atoms with Crippen molar-refractivity contribution in [3.63, 3.8) is 0 Å². The number of benzene rings is 2. The van der Waals surface area contributed by atoms with Crippen LogP contribution in [-0.4, -0.2) is 17.8 Å². The molecule has 0 heterocycles. The SMILES string of the molecule is O=CCOc1ccccc1OCc1cccc([N+](=O)[O-])c1. The molecule has 0 fully saturated rings. The fraction of sp³-hybridized carbons (Fsp3) is 0.133. The highest BCUT2D eigenvalue weighted by molar-refractivity contribution is 5.52. The summed E-state index contributed by atoms with van der Waals surface area (Å²) >= 11 is 0. The lowest BCUT2D eigenvalue weighted by molar-refractivity contribution is -0.384. The maximum Gasteiger partial charge on any atom is 0.269 e. The number of non-ortho nitro benzene ring substituents is 1. The van der Waals surface area contributed by atoms with Crippen LogP contribution in [-0.2, 0) is 11.4 Å². The Morgan fingerprint density at radius 3 is 2.43 bits per heavy atom. The van der Waals surface area contributed by atoms with Crippen molar-refractivity contribution in [2.24, 2.45) is 0 Å². The number of carbonyl (C=O) groups is 1. The maximum absolute atomic E-state index is 10.7. The van der Waals surface area contributed by atoms with Crippen LogP contribution < -0.4 is 9.47 Å². The van der Waals surface area contributed by atoms with E-state index in [0.717, 1.165) is 0 Å². The molecule has 0 spiro atoms. The molecule has 0 unspecified atom stereocenters. The third-order valence-electron chi connectivity index (χ3n) is 2.67. The quantitative estimate of drug-likeness (QED) is 0.444. The first-order chi connectivity index (χ1) is 10.2. The van der Waals surface area contributed by atoms with Gasteiger partial charge in [0.15, 0.2) is 17.8 Å². The lowest BCUT2D eigenvalue weighted by Gasteiger charge is -2.11. The van der Waals surface area contributed by atoms with Gasteiger partial charge in [0.1, 0.15) is 13.2 Å². The summed E-state index contributed by atoms with van der Waals surface area (Å²) < 4.78 is 10.8. The minimum absolute atomic E-state index is 0.0154. The molecule has 0 aliphatic heterocycles. The van der Waals surface area contributed by atoms with Gasteiger partial charge in [0, 0.05) is 12.1 Å². The molecule has 0 aliphatic carbocycles. The van der Waals surface area contributed by atoms with Crippen molar-refractivity contribution < 1.29 is 19.2 Å². The molecule has 0 aromatic heterocycles. The highest BCUT2D eigenvalue weighted by atomic mass is 16.6. The van der Waals surface area contributed by atoms with E-state index in [1.807, 2.05) is 0 Å². The van der Waals surface area contributed by atoms with Crippen molar-refractivity contribution in [1.29, 1.82) is 0 Å². The molecular weight excluding hydrogens is 274 g/mol. The Bertz CT molecular complexity index is 641. The first-order valence-corrected chi connectivity index (χ1v) is 6.22. The van der Waals surface area contributed by atoms with Crippen LogP contribution in [0.3, 0.4) is 0 Å². The standard InChI is InChI=1S/C15H13NO5/c17-8-9-20-14-6-1-2-7-15(14)21-11-12-4-3-5-13(10-12)16(18)19/h1-8,10H,9,11H2. The lowest BCUT2D eigenvalue weighted by Crippen LogP contribution is -2.02. The van der Waals surface area contributed by atoms with Gasteiger partial charge in [-0.2, -0.15) is 0 Å². The Morgan fingerprint density at radius 2 is 1.76 bits per heavy atom. The second-order valence-corrected chi connectivity index (χ2v) is 4.14. The van der Waals surface area contributed by atoms with Gasteiger partial charge >= 0.3 is 0 Å². The maximum atomic E-state index is 10.7. The van der Waals surface area contributed by atoms with Crippen LogP contribution in [0, 0.1) is 10.1 Å². The molecule has 0 radical (unpaired) electrons. The Morgan fingerprint density at radius 1 is 1.05 bits per heavy atom. The molecule has 21 heavy (non-hydrogen) atoms. The number of hydrogen-bond acceptors (Lipinski definition) is 5. The zero-order chi connectivity index (χ0) is 15.1. The van der Waals surface area contributed by atoms with Gasteiger partial charge in [-0.1, -0.05) is 24.3 Å². The van der Waals surface area contributed by atoms with Crippen LogP contribution in [0.4, 0.5) is 5.69 Å². The highest BCUT2D eigenvalue weighted by Gasteiger charge is 2.08. The van der Waals surface area contributed by atoms with Gasteiger partial charge in [-0.15, -0.1) is 0 Å². The molecule has 2 aromatic carbocycles. The second kappa shape index (κ2) is 7.04. The van der Waals surface area contributed by atoms with E-state index in [9.17, 15) is 14.9 Å². The molecule has 6 nitrogen and oxygen atoms in total. The van der Waals surface area contributed by atoms with Crippen LogP contribution in [0.5, 0.6) is 11.5 Å². The van der Waals surface area contributed by atoms with E-state index in [1.54, 1.807) is 36.4 Å². The fourth-order valence-electron chi connectivity index (χ4n) is 1.73. The van der Waals surface area contributed by atoms with Crippen LogP contribution in [0.25, 0.3) is 0 Å². The van der Waals surface area contributed by atoms with Crippen molar-refractivity contribution in [3.05, 3.63) is 64.2 Å². The molecule has 0 N–H and O–H groups in total. The molecule has 0 amide bonds. The number of nitrogens with zero attached hydrogens (tertiary/aromatic N) is 1. The van der Waals surface area contributed by atoms with Gasteiger partial charge in [-0.3, -0.25) is 14.9 Å². The summed E-state index contributed by atoms with van der Waals surface area (Å²) in [6.45, 7) is 0.111. The second-order valence-electron chi connectivity index (χ2n) is 4.14. The Kier molecular flexibility index (Phi) is 4.87. The van der Waals surface area contributed by atoms with Gasteiger partial charge in [-0.05, 0) is 17.7 Å². The highest BCUT2D eigenvalue weighted by Crippen LogP contribution is 2.27. The molecule has 0 atom stereocenters. The van der Waals surface area contributed by atoms with E-state index in [4.69, 9.17) is 9.47 Å². The van der Waals surface area contributed by atoms with Crippen LogP contribution in [0.2, 0.25) is 0 Å². The molecule has 108 valence electrons. The number of nitro groups is 1. The third-order valence-corrected chi connectivity index (χ3v) is 2.67. The summed E-state index contributed by atoms with van der Waals surface area (Å²) in [5.41, 5.74) is 0.691. The molecule has 0 aliphatic rings. The summed E-state index contributed by atoms with van der Waals surface area (Å²) in [7, 11) is 0. The summed E-state index contributed by atoms with van der Waals surface area (Å²) in [5.74, 6) is 0.931. The fourth-order valence-corrected chi connectivity index (χ4v) is 1.73. The van der Waals surface area contributed by atoms with E-state index < -0.39 is 4.92 Å². The molecule has 2 aromatic rings. The van der Waals surface area contributed by atoms with Gasteiger partial charge in [-0.25, -0.2) is 0 Å². The summed E-state index contributed by atoms with van der Waals surface area (Å²) in [4.78, 5) is 20.6. The van der Waals surface area contributed by atoms with Crippen molar-refractivity contribution in [3.8, 4) is 11.5 Å². The van der Waals surface area contributed by atoms with Gasteiger partial charge in [0.05, 0.1) is 4.92 Å². The van der Waals surface area contributed by atoms with Crippen LogP contribution in [0.1, 0.15) is 5.56 Å². The molecular formula is C15H13NO5. The van der Waals surface area contributed by atoms with Crippen molar-refractivity contribution in [2.75, 3.05) is 6.61 Å². The first-order valence-electron chi connectivity index (χ1n) is 6.22. The first kappa shape index (κ1) is 14.5. The summed E-state index contributed by atoms with van der Waals surface area (Å²) in [6.07, 6.45) is 0.650. The zero-order valence-corrected chi connectivity index (χ0v) is 11.1. The van der Waals surface area contributed by atoms with Gasteiger partial charge in [0.25, 0.3) is 5.69 Å². The lowest BCUT2D eigenvalue weighted by atomic mass is 10.2. The van der Waals surface area contributed by atoms with Crippen molar-refractivity contribution in [2.45, 2.75) is 6.61 Å². The molecule has 6 heteroatoms. The largest absolute Gasteiger partial charge is 0.485 e. The molecule has 2 rings (SSSR count). The topological polar surface area (TPSA) is 78.7 Å². The predicted molar refractivity (Wildman–Crippen MR) is 75.4 cm³/mol. The van der Waals surface area contributed by atoms with Crippen molar-refractivity contribution in [1.82, 2.24) is 0 Å². The predicted octanol–water partition coefficient (Wildman–Crippen LogP) is 2.75. The number of hydrogen-bond donors (Lipinski definition) is 0. The van der Waals surface area contributed by atoms with Crippen LogP contribution in [0.15, 0.2) is 48.5 Å². The van der Waals surface area contributed by atoms with E-state index in [0.29, 0.717) is 23.3 Å². The van der Waals surface area contributed by atoms with E-state index in [1.165, 1.54) is 12.1 Å². The minimum atomic E-state index is -0.454. The number of nitro benzene ring substituents is 1. The van der Waals surface area contributed by atoms with Gasteiger partial charge < -0.3 is 9.47 Å². The minimum Gasteiger partial charge on any atom is -0.485 e. The summed E-state index contributed by atoms with van der Waals surface area (Å²) in [5, 5.41) is 10.7. The Labute approximate surface area is 121 Å². The molecule has 0 saturated carbocycles. The smallest absolute Gasteiger partial charge is 0.269 e. The van der Waals surface area contributed by atoms with E-state index in [-0.39, 0.29) is 18.9 Å². The number of para-hydroxylation sites is 2. The third kappa shape index (κ3) is 4.04. The van der Waals surface area contributed by atoms with E-state index in [2.05, 4.69) is 0 Å². The monoisotopic (exact) mass is 287 g/mol. The number of ether oxygens (including phenoxy) is 2. The number of rotatable bonds is 7. The van der Waals surface area contributed by atoms with E-state index >= 15 is 0 Å². The zero-order valence-electron chi connectivity index (χ0n) is 11.1. The Balaban J connectivity index is 2.07. The average Bonchev–Trinajstić information content (AvgIpc) is 2.52. The number of carbonyl (C=O) groups excluding carboxylic acids is 1. The Hall–Kier alpha value is -2.89. The average molecular weight is 287 g/mol. The van der Waals surface area contributed by atoms with Crippen molar-refractivity contribution >= 4 is 12.0 Å². The van der Waals surface area contributed by atoms with Crippen LogP contribution >= 0.6 is 0 Å². The normalized spacial score (nSPS) is 9.90. The number of aldehydes is 1.